The number of H-pyrrole nitrogens is 2. The van der Waals surface area contributed by atoms with Gasteiger partial charge in [-0.25, -0.2) is 9.37 Å². The molecule has 0 aliphatic carbocycles. The number of pyridine rings is 4. The lowest BCUT2D eigenvalue weighted by molar-refractivity contribution is -0.117. The van der Waals surface area contributed by atoms with Gasteiger partial charge in [0.1, 0.15) is 22.6 Å². The molecule has 6 aromatic rings. The summed E-state index contributed by atoms with van der Waals surface area (Å²) in [5.74, 6) is -0.356. The van der Waals surface area contributed by atoms with Crippen LogP contribution in [0.1, 0.15) is 27.2 Å². The number of aromatic amines is 2. The van der Waals surface area contributed by atoms with Crippen LogP contribution in [-0.4, -0.2) is 46.0 Å². The summed E-state index contributed by atoms with van der Waals surface area (Å²) in [7, 11) is 0. The Hall–Kier alpha value is -5.06. The first kappa shape index (κ1) is 24.3. The minimum Gasteiger partial charge on any atom is -0.336 e. The molecule has 194 valence electrons. The summed E-state index contributed by atoms with van der Waals surface area (Å²) in [6, 6.07) is 9.00. The fraction of sp³-hybridized carbons (Fsp3) is 0.179. The topological polar surface area (TPSA) is 138 Å². The van der Waals surface area contributed by atoms with Gasteiger partial charge in [0.05, 0.1) is 40.2 Å². The first-order chi connectivity index (χ1) is 18.8. The summed E-state index contributed by atoms with van der Waals surface area (Å²) in [4.78, 5) is 37.7. The molecule has 6 rings (SSSR count). The summed E-state index contributed by atoms with van der Waals surface area (Å²) in [6.07, 6.45) is 8.23. The molecule has 0 aliphatic heterocycles. The molecule has 0 radical (unpaired) electrons. The second kappa shape index (κ2) is 9.35. The molecule has 6 aromatic heterocycles. The van der Waals surface area contributed by atoms with E-state index in [9.17, 15) is 4.79 Å². The number of hydrogen-bond acceptors (Lipinski definition) is 7. The van der Waals surface area contributed by atoms with Crippen molar-refractivity contribution >= 4 is 33.5 Å². The number of aromatic nitrogens is 8. The summed E-state index contributed by atoms with van der Waals surface area (Å²) in [5.41, 5.74) is 4.10. The van der Waals surface area contributed by atoms with Crippen LogP contribution in [0.15, 0.2) is 61.3 Å². The normalized spacial score (nSPS) is 11.8. The number of rotatable bonds is 5. The van der Waals surface area contributed by atoms with E-state index in [4.69, 9.17) is 4.98 Å². The maximum absolute atomic E-state index is 16.0. The summed E-state index contributed by atoms with van der Waals surface area (Å²) >= 11 is 0. The second-order valence-corrected chi connectivity index (χ2v) is 10.4. The average molecular weight is 522 g/mol. The van der Waals surface area contributed by atoms with Crippen LogP contribution in [0.25, 0.3) is 56.1 Å². The van der Waals surface area contributed by atoms with Crippen molar-refractivity contribution in [3.63, 3.8) is 0 Å². The quantitative estimate of drug-likeness (QED) is 0.271. The van der Waals surface area contributed by atoms with Gasteiger partial charge in [-0.05, 0) is 29.7 Å². The fourth-order valence-electron chi connectivity index (χ4n) is 4.41. The number of halogens is 1. The molecule has 0 unspecified atom stereocenters. The first-order valence-electron chi connectivity index (χ1n) is 12.3. The van der Waals surface area contributed by atoms with E-state index in [0.29, 0.717) is 51.6 Å². The highest BCUT2D eigenvalue weighted by molar-refractivity contribution is 5.97. The van der Waals surface area contributed by atoms with Crippen LogP contribution in [0, 0.1) is 11.2 Å². The van der Waals surface area contributed by atoms with Crippen LogP contribution in [0.5, 0.6) is 0 Å². The van der Waals surface area contributed by atoms with Gasteiger partial charge >= 0.3 is 0 Å². The second-order valence-electron chi connectivity index (χ2n) is 10.4. The van der Waals surface area contributed by atoms with E-state index in [2.05, 4.69) is 40.4 Å². The van der Waals surface area contributed by atoms with Gasteiger partial charge in [-0.15, -0.1) is 0 Å². The molecule has 0 fully saturated rings. The standard InChI is InChI=1S/C28H24FN9O/c1-28(2,3)11-20(39)34-16-10-15(12-30-13-16)23-22(29)21-19(14-33-23)37-38-26(21)27-35-18-7-9-32-24(25(18)36-27)17-6-4-5-8-31-17/h4-10,12-14H,11H2,1-3H3,(H,34,39)(H,35,36)(H,37,38). The molecule has 0 atom stereocenters. The molecule has 0 saturated carbocycles. The van der Waals surface area contributed by atoms with E-state index in [-0.39, 0.29) is 22.4 Å². The third-order valence-electron chi connectivity index (χ3n) is 6.06. The van der Waals surface area contributed by atoms with Crippen molar-refractivity contribution in [1.82, 2.24) is 40.1 Å². The number of nitrogens with one attached hydrogen (secondary N) is 3. The van der Waals surface area contributed by atoms with Gasteiger partial charge in [0.25, 0.3) is 0 Å². The Balaban J connectivity index is 1.40. The molecule has 3 N–H and O–H groups in total. The van der Waals surface area contributed by atoms with Gasteiger partial charge in [-0.2, -0.15) is 5.10 Å². The van der Waals surface area contributed by atoms with E-state index in [0.717, 1.165) is 5.52 Å². The van der Waals surface area contributed by atoms with Crippen molar-refractivity contribution in [2.24, 2.45) is 5.41 Å². The van der Waals surface area contributed by atoms with E-state index < -0.39 is 5.82 Å². The zero-order chi connectivity index (χ0) is 27.1. The zero-order valence-corrected chi connectivity index (χ0v) is 21.5. The minimum absolute atomic E-state index is 0.0801. The van der Waals surface area contributed by atoms with Crippen molar-refractivity contribution in [3.8, 4) is 34.2 Å². The largest absolute Gasteiger partial charge is 0.336 e. The van der Waals surface area contributed by atoms with Crippen LogP contribution in [-0.2, 0) is 4.79 Å². The van der Waals surface area contributed by atoms with Gasteiger partial charge in [0.2, 0.25) is 5.91 Å². The molecule has 0 aromatic carbocycles. The Labute approximate surface area is 222 Å². The summed E-state index contributed by atoms with van der Waals surface area (Å²) in [6.45, 7) is 5.95. The van der Waals surface area contributed by atoms with Crippen LogP contribution >= 0.6 is 0 Å². The molecule has 0 bridgehead atoms. The molecule has 6 heterocycles. The Morgan fingerprint density at radius 3 is 2.64 bits per heavy atom. The van der Waals surface area contributed by atoms with Crippen molar-refractivity contribution in [2.45, 2.75) is 27.2 Å². The first-order valence-corrected chi connectivity index (χ1v) is 12.3. The predicted molar refractivity (Wildman–Crippen MR) is 146 cm³/mol. The molecule has 0 spiro atoms. The Morgan fingerprint density at radius 1 is 0.974 bits per heavy atom. The zero-order valence-electron chi connectivity index (χ0n) is 21.5. The fourth-order valence-corrected chi connectivity index (χ4v) is 4.41. The van der Waals surface area contributed by atoms with Crippen molar-refractivity contribution in [1.29, 1.82) is 0 Å². The maximum atomic E-state index is 16.0. The lowest BCUT2D eigenvalue weighted by Gasteiger charge is -2.17. The summed E-state index contributed by atoms with van der Waals surface area (Å²) < 4.78 is 16.0. The Morgan fingerprint density at radius 2 is 1.85 bits per heavy atom. The number of amides is 1. The Bertz CT molecular complexity index is 1840. The van der Waals surface area contributed by atoms with Gasteiger partial charge in [-0.3, -0.25) is 29.8 Å². The number of fused-ring (bicyclic) bond motifs is 2. The highest BCUT2D eigenvalue weighted by Crippen LogP contribution is 2.34. The highest BCUT2D eigenvalue weighted by atomic mass is 19.1. The van der Waals surface area contributed by atoms with E-state index >= 15 is 4.39 Å². The van der Waals surface area contributed by atoms with E-state index in [1.807, 2.05) is 39.0 Å². The van der Waals surface area contributed by atoms with Gasteiger partial charge in [0.15, 0.2) is 11.6 Å². The molecule has 11 heteroatoms. The number of carbonyl (C=O) groups excluding carboxylic acids is 1. The van der Waals surface area contributed by atoms with Crippen molar-refractivity contribution in [3.05, 3.63) is 67.1 Å². The minimum atomic E-state index is -0.584. The lowest BCUT2D eigenvalue weighted by atomic mass is 9.92. The van der Waals surface area contributed by atoms with Crippen LogP contribution in [0.3, 0.4) is 0 Å². The van der Waals surface area contributed by atoms with Gasteiger partial charge in [0, 0.05) is 30.6 Å². The Kier molecular flexibility index (Phi) is 5.82. The van der Waals surface area contributed by atoms with E-state index in [1.54, 1.807) is 24.5 Å². The van der Waals surface area contributed by atoms with Crippen molar-refractivity contribution in [2.75, 3.05) is 5.32 Å². The molecular formula is C28H24FN9O. The molecule has 0 aliphatic rings. The highest BCUT2D eigenvalue weighted by Gasteiger charge is 2.22. The number of carbonyl (C=O) groups is 1. The third kappa shape index (κ3) is 4.70. The van der Waals surface area contributed by atoms with Crippen LogP contribution < -0.4 is 5.32 Å². The monoisotopic (exact) mass is 521 g/mol. The third-order valence-corrected chi connectivity index (χ3v) is 6.06. The predicted octanol–water partition coefficient (Wildman–Crippen LogP) is 5.53. The van der Waals surface area contributed by atoms with Gasteiger partial charge in [-0.1, -0.05) is 26.8 Å². The molecule has 0 saturated heterocycles. The van der Waals surface area contributed by atoms with Crippen LogP contribution in [0.2, 0.25) is 0 Å². The van der Waals surface area contributed by atoms with Crippen molar-refractivity contribution < 1.29 is 9.18 Å². The molecular weight excluding hydrogens is 497 g/mol. The average Bonchev–Trinajstić information content (AvgIpc) is 3.53. The number of hydrogen-bond donors (Lipinski definition) is 3. The lowest BCUT2D eigenvalue weighted by Crippen LogP contribution is -2.19. The van der Waals surface area contributed by atoms with E-state index in [1.165, 1.54) is 18.6 Å². The smallest absolute Gasteiger partial charge is 0.224 e. The van der Waals surface area contributed by atoms with Gasteiger partial charge < -0.3 is 10.3 Å². The molecule has 39 heavy (non-hydrogen) atoms. The molecule has 1 amide bonds. The number of anilines is 1. The molecule has 10 nitrogen and oxygen atoms in total. The summed E-state index contributed by atoms with van der Waals surface area (Å²) in [5, 5.41) is 10.3. The SMILES string of the molecule is CC(C)(C)CC(=O)Nc1cncc(-c2ncc3[nH]nc(-c4nc5c(-c6ccccn6)nccc5[nH]4)c3c2F)c1. The van der Waals surface area contributed by atoms with Crippen LogP contribution in [0.4, 0.5) is 10.1 Å². The number of nitrogens with zero attached hydrogens (tertiary/aromatic N) is 6. The maximum Gasteiger partial charge on any atom is 0.224 e. The number of imidazole rings is 1.